The highest BCUT2D eigenvalue weighted by atomic mass is 19.4. The highest BCUT2D eigenvalue weighted by Gasteiger charge is 2.40. The van der Waals surface area contributed by atoms with Crippen molar-refractivity contribution < 1.29 is 22.0 Å². The summed E-state index contributed by atoms with van der Waals surface area (Å²) in [5.74, 6) is -1.90. The highest BCUT2D eigenvalue weighted by molar-refractivity contribution is 6.13. The first-order valence-corrected chi connectivity index (χ1v) is 23.8. The van der Waals surface area contributed by atoms with Crippen molar-refractivity contribution in [3.05, 3.63) is 240 Å². The monoisotopic (exact) mass is 992 g/mol. The minimum absolute atomic E-state index is 0.0373. The number of nitrogens with zero attached hydrogens (tertiary/aromatic N) is 6. The lowest BCUT2D eigenvalue weighted by Gasteiger charge is -2.23. The van der Waals surface area contributed by atoms with Crippen molar-refractivity contribution in [2.45, 2.75) is 6.18 Å². The largest absolute Gasteiger partial charge is 0.420 e. The predicted octanol–water partition coefficient (Wildman–Crippen LogP) is 17.0. The van der Waals surface area contributed by atoms with Crippen molar-refractivity contribution in [1.29, 1.82) is 21.0 Å². The Labute approximate surface area is 431 Å². The molecule has 0 radical (unpaired) electrons. The molecule has 0 saturated heterocycles. The smallest absolute Gasteiger partial charge is 0.308 e. The molecule has 0 fully saturated rings. The fraction of sp³-hybridized carbons (Fsp3) is 0.0154. The molecule has 12 rings (SSSR count). The summed E-state index contributed by atoms with van der Waals surface area (Å²) in [4.78, 5) is 0. The van der Waals surface area contributed by atoms with E-state index in [1.165, 1.54) is 21.3 Å². The average Bonchev–Trinajstić information content (AvgIpc) is 4.16. The third-order valence-corrected chi connectivity index (χ3v) is 14.0. The van der Waals surface area contributed by atoms with E-state index >= 15 is 22.0 Å². The third kappa shape index (κ3) is 7.67. The summed E-state index contributed by atoms with van der Waals surface area (Å²) in [7, 11) is 0. The quantitative estimate of drug-likeness (QED) is 0.148. The van der Waals surface area contributed by atoms with Gasteiger partial charge in [0.15, 0.2) is 0 Å². The number of fused-ring (bicyclic) bond motifs is 6. The molecule has 76 heavy (non-hydrogen) atoms. The Hall–Kier alpha value is -10.6. The Bertz CT molecular complexity index is 4100. The summed E-state index contributed by atoms with van der Waals surface area (Å²) in [5, 5.41) is 43.1. The van der Waals surface area contributed by atoms with Crippen molar-refractivity contribution in [3.63, 3.8) is 0 Å². The number of halogens is 5. The van der Waals surface area contributed by atoms with Crippen LogP contribution in [0, 0.1) is 57.0 Å². The lowest BCUT2D eigenvalue weighted by molar-refractivity contribution is -0.137. The number of hydrogen-bond donors (Lipinski definition) is 0. The normalized spacial score (nSPS) is 11.4. The third-order valence-electron chi connectivity index (χ3n) is 14.0. The van der Waals surface area contributed by atoms with Crippen LogP contribution in [0.5, 0.6) is 0 Å². The van der Waals surface area contributed by atoms with Gasteiger partial charge >= 0.3 is 6.18 Å². The van der Waals surface area contributed by atoms with Crippen LogP contribution in [0.4, 0.5) is 22.0 Å². The van der Waals surface area contributed by atoms with Crippen LogP contribution in [0.2, 0.25) is 0 Å². The van der Waals surface area contributed by atoms with E-state index in [0.717, 1.165) is 12.1 Å². The topological polar surface area (TPSA) is 105 Å². The van der Waals surface area contributed by atoms with Gasteiger partial charge in [0, 0.05) is 27.6 Å². The first-order chi connectivity index (χ1) is 37.0. The minimum atomic E-state index is -5.16. The van der Waals surface area contributed by atoms with Gasteiger partial charge in [-0.05, 0) is 128 Å². The molecule has 0 spiro atoms. The summed E-state index contributed by atoms with van der Waals surface area (Å²) in [6.07, 6.45) is -5.16. The van der Waals surface area contributed by atoms with E-state index in [2.05, 4.69) is 24.3 Å². The van der Waals surface area contributed by atoms with E-state index in [0.29, 0.717) is 116 Å². The van der Waals surface area contributed by atoms with Gasteiger partial charge in [0.05, 0.1) is 80.0 Å². The minimum Gasteiger partial charge on any atom is -0.308 e. The van der Waals surface area contributed by atoms with Crippen LogP contribution < -0.4 is 0 Å². The summed E-state index contributed by atoms with van der Waals surface area (Å²) in [6.45, 7) is 0. The lowest BCUT2D eigenvalue weighted by atomic mass is 9.97. The van der Waals surface area contributed by atoms with Crippen molar-refractivity contribution in [1.82, 2.24) is 9.13 Å². The van der Waals surface area contributed by atoms with E-state index in [-0.39, 0.29) is 11.1 Å². The van der Waals surface area contributed by atoms with Gasteiger partial charge in [0.1, 0.15) is 17.2 Å². The Balaban J connectivity index is 1.28. The summed E-state index contributed by atoms with van der Waals surface area (Å²) < 4.78 is 85.7. The predicted molar refractivity (Wildman–Crippen MR) is 286 cm³/mol. The first kappa shape index (κ1) is 46.5. The molecule has 6 nitrogen and oxygen atoms in total. The van der Waals surface area contributed by atoms with Gasteiger partial charge in [-0.1, -0.05) is 121 Å². The van der Waals surface area contributed by atoms with Crippen LogP contribution in [0.1, 0.15) is 27.8 Å². The van der Waals surface area contributed by atoms with Crippen LogP contribution in [0.3, 0.4) is 0 Å². The molecule has 11 heteroatoms. The molecule has 0 bridgehead atoms. The Morgan fingerprint density at radius 2 is 0.592 bits per heavy atom. The molecule has 12 aromatic rings. The maximum Gasteiger partial charge on any atom is 0.420 e. The molecule has 0 N–H and O–H groups in total. The van der Waals surface area contributed by atoms with E-state index in [1.54, 1.807) is 146 Å². The molecular weight excluding hydrogens is 960 g/mol. The average molecular weight is 993 g/mol. The van der Waals surface area contributed by atoms with E-state index < -0.39 is 34.7 Å². The molecule has 10 aromatic carbocycles. The van der Waals surface area contributed by atoms with Crippen LogP contribution in [0.15, 0.2) is 200 Å². The molecule has 2 heterocycles. The fourth-order valence-electron chi connectivity index (χ4n) is 10.7. The van der Waals surface area contributed by atoms with E-state index in [1.807, 2.05) is 24.3 Å². The SMILES string of the molecule is N#Cc1ccccc1-c1ccc2c3ccc(-c4ccccc4C#N)cc3n(-c3cc(-c4cc(F)cc(F)c4)cc(-n4c5cc(-c6ccccc6C#N)ccc5c5ccc(-c6ccccc6C#N)cc54)c3C(F)(F)F)c2c1. The van der Waals surface area contributed by atoms with Gasteiger partial charge < -0.3 is 9.13 Å². The molecule has 0 unspecified atom stereocenters. The molecule has 0 amide bonds. The molecule has 358 valence electrons. The van der Waals surface area contributed by atoms with Gasteiger partial charge in [-0.25, -0.2) is 8.78 Å². The zero-order chi connectivity index (χ0) is 52.4. The highest BCUT2D eigenvalue weighted by Crippen LogP contribution is 2.48. The second-order valence-corrected chi connectivity index (χ2v) is 18.3. The first-order valence-electron chi connectivity index (χ1n) is 23.8. The zero-order valence-corrected chi connectivity index (χ0v) is 39.6. The molecule has 2 aromatic heterocycles. The van der Waals surface area contributed by atoms with Gasteiger partial charge in [-0.2, -0.15) is 34.2 Å². The van der Waals surface area contributed by atoms with Gasteiger partial charge in [0.2, 0.25) is 0 Å². The summed E-state index contributed by atoms with van der Waals surface area (Å²) in [6, 6.07) is 63.4. The van der Waals surface area contributed by atoms with Crippen LogP contribution >= 0.6 is 0 Å². The van der Waals surface area contributed by atoms with Gasteiger partial charge in [0.25, 0.3) is 0 Å². The van der Waals surface area contributed by atoms with E-state index in [9.17, 15) is 21.0 Å². The van der Waals surface area contributed by atoms with Crippen molar-refractivity contribution in [2.75, 3.05) is 0 Å². The molecule has 0 aliphatic rings. The molecule has 0 atom stereocenters. The molecule has 0 aliphatic heterocycles. The van der Waals surface area contributed by atoms with Crippen molar-refractivity contribution in [3.8, 4) is 91.3 Å². The number of aromatic nitrogens is 2. The summed E-state index contributed by atoms with van der Waals surface area (Å²) in [5.41, 5.74) is 5.06. The number of benzene rings is 10. The maximum absolute atomic E-state index is 17.2. The number of alkyl halides is 3. The molecule has 0 saturated carbocycles. The summed E-state index contributed by atoms with van der Waals surface area (Å²) >= 11 is 0. The standard InChI is InChI=1S/C65H33F5N6/c66-48-25-46(26-49(67)33-48)47-31-62(75-58-27-38(50-13-5-1-9-42(50)34-71)17-21-54(58)55-22-18-39(28-59(55)75)51-14-6-2-10-43(51)35-72)64(65(68,69)70)63(32-47)76-60-29-40(52-15-7-3-11-44(52)36-73)19-23-56(60)57-24-20-41(30-61(57)76)53-16-8-4-12-45(53)37-74/h1-33H. The zero-order valence-electron chi connectivity index (χ0n) is 39.6. The Kier molecular flexibility index (Phi) is 11.1. The van der Waals surface area contributed by atoms with Crippen molar-refractivity contribution in [2.24, 2.45) is 0 Å². The Morgan fingerprint density at radius 1 is 0.316 bits per heavy atom. The second kappa shape index (κ2) is 18.2. The Morgan fingerprint density at radius 3 is 0.868 bits per heavy atom. The van der Waals surface area contributed by atoms with Crippen LogP contribution in [-0.2, 0) is 6.18 Å². The van der Waals surface area contributed by atoms with Crippen LogP contribution in [0.25, 0.3) is 111 Å². The van der Waals surface area contributed by atoms with Crippen molar-refractivity contribution >= 4 is 43.6 Å². The number of nitriles is 4. The van der Waals surface area contributed by atoms with E-state index in [4.69, 9.17) is 0 Å². The molecular formula is C65H33F5N6. The second-order valence-electron chi connectivity index (χ2n) is 18.3. The lowest BCUT2D eigenvalue weighted by Crippen LogP contribution is -2.16. The fourth-order valence-corrected chi connectivity index (χ4v) is 10.7. The maximum atomic E-state index is 17.2. The number of hydrogen-bond acceptors (Lipinski definition) is 4. The molecule has 0 aliphatic carbocycles. The van der Waals surface area contributed by atoms with Gasteiger partial charge in [-0.15, -0.1) is 0 Å². The van der Waals surface area contributed by atoms with Crippen LogP contribution in [-0.4, -0.2) is 9.13 Å². The van der Waals surface area contributed by atoms with Gasteiger partial charge in [-0.3, -0.25) is 0 Å². The number of rotatable bonds is 7.